The van der Waals surface area contributed by atoms with E-state index in [1.54, 1.807) is 19.2 Å². The van der Waals surface area contributed by atoms with Gasteiger partial charge in [0.1, 0.15) is 5.82 Å². The number of hydrogen-bond donors (Lipinski definition) is 1. The third-order valence-electron chi connectivity index (χ3n) is 3.61. The first-order chi connectivity index (χ1) is 8.95. The van der Waals surface area contributed by atoms with Gasteiger partial charge >= 0.3 is 0 Å². The first-order valence-corrected chi connectivity index (χ1v) is 8.39. The van der Waals surface area contributed by atoms with Crippen molar-refractivity contribution >= 4 is 21.4 Å². The maximum Gasteiger partial charge on any atom is 0.155 e. The quantitative estimate of drug-likeness (QED) is 0.934. The SMILES string of the molecule is CNC(c1ccc(Cl)cc1F)C1CCCCS1(=O)=O. The molecule has 1 aromatic carbocycles. The van der Waals surface area contributed by atoms with Crippen molar-refractivity contribution in [1.29, 1.82) is 0 Å². The van der Waals surface area contributed by atoms with Crippen molar-refractivity contribution in [3.8, 4) is 0 Å². The first kappa shape index (κ1) is 14.8. The topological polar surface area (TPSA) is 46.2 Å². The van der Waals surface area contributed by atoms with E-state index in [4.69, 9.17) is 11.6 Å². The lowest BCUT2D eigenvalue weighted by Crippen LogP contribution is -2.39. The lowest BCUT2D eigenvalue weighted by Gasteiger charge is -2.30. The zero-order chi connectivity index (χ0) is 14.0. The molecule has 1 N–H and O–H groups in total. The Morgan fingerprint density at radius 2 is 2.16 bits per heavy atom. The average Bonchev–Trinajstić information content (AvgIpc) is 2.34. The summed E-state index contributed by atoms with van der Waals surface area (Å²) in [5.74, 6) is -0.280. The smallest absolute Gasteiger partial charge is 0.155 e. The Morgan fingerprint density at radius 3 is 2.74 bits per heavy atom. The maximum absolute atomic E-state index is 14.0. The molecule has 1 fully saturated rings. The van der Waals surface area contributed by atoms with Gasteiger partial charge in [0.25, 0.3) is 0 Å². The predicted molar refractivity (Wildman–Crippen MR) is 74.6 cm³/mol. The van der Waals surface area contributed by atoms with E-state index in [0.717, 1.165) is 6.42 Å². The van der Waals surface area contributed by atoms with Crippen LogP contribution >= 0.6 is 11.6 Å². The molecule has 0 radical (unpaired) electrons. The van der Waals surface area contributed by atoms with E-state index in [-0.39, 0.29) is 5.75 Å². The molecule has 106 valence electrons. The van der Waals surface area contributed by atoms with Gasteiger partial charge in [-0.25, -0.2) is 12.8 Å². The largest absolute Gasteiger partial charge is 0.312 e. The number of sulfone groups is 1. The first-order valence-electron chi connectivity index (χ1n) is 6.29. The maximum atomic E-state index is 14.0. The molecule has 0 spiro atoms. The van der Waals surface area contributed by atoms with Crippen molar-refractivity contribution in [1.82, 2.24) is 5.32 Å². The van der Waals surface area contributed by atoms with Crippen molar-refractivity contribution in [2.75, 3.05) is 12.8 Å². The molecular weight excluding hydrogens is 289 g/mol. The highest BCUT2D eigenvalue weighted by molar-refractivity contribution is 7.92. The minimum absolute atomic E-state index is 0.186. The Balaban J connectivity index is 2.39. The molecule has 0 saturated carbocycles. The zero-order valence-electron chi connectivity index (χ0n) is 10.7. The molecule has 0 bridgehead atoms. The van der Waals surface area contributed by atoms with Crippen LogP contribution in [-0.2, 0) is 9.84 Å². The molecule has 3 nitrogen and oxygen atoms in total. The van der Waals surface area contributed by atoms with Crippen molar-refractivity contribution < 1.29 is 12.8 Å². The molecule has 0 aromatic heterocycles. The molecule has 1 saturated heterocycles. The van der Waals surface area contributed by atoms with Crippen molar-refractivity contribution in [2.24, 2.45) is 0 Å². The van der Waals surface area contributed by atoms with E-state index in [1.165, 1.54) is 6.07 Å². The normalized spacial score (nSPS) is 24.1. The molecule has 1 aromatic rings. The van der Waals surface area contributed by atoms with Crippen LogP contribution in [0.5, 0.6) is 0 Å². The molecule has 2 rings (SSSR count). The second-order valence-electron chi connectivity index (χ2n) is 4.83. The van der Waals surface area contributed by atoms with Crippen molar-refractivity contribution in [3.63, 3.8) is 0 Å². The van der Waals surface area contributed by atoms with Gasteiger partial charge in [0.15, 0.2) is 9.84 Å². The third kappa shape index (κ3) is 3.09. The number of rotatable bonds is 3. The number of nitrogens with one attached hydrogen (secondary N) is 1. The van der Waals surface area contributed by atoms with Crippen LogP contribution in [0.3, 0.4) is 0 Å². The Labute approximate surface area is 118 Å². The summed E-state index contributed by atoms with van der Waals surface area (Å²) in [5, 5.41) is 2.68. The molecule has 1 aliphatic heterocycles. The molecule has 0 amide bonds. The van der Waals surface area contributed by atoms with Gasteiger partial charge in [0, 0.05) is 10.6 Å². The highest BCUT2D eigenvalue weighted by Crippen LogP contribution is 2.32. The Morgan fingerprint density at radius 1 is 1.42 bits per heavy atom. The van der Waals surface area contributed by atoms with E-state index < -0.39 is 26.9 Å². The van der Waals surface area contributed by atoms with E-state index >= 15 is 0 Å². The molecule has 19 heavy (non-hydrogen) atoms. The summed E-state index contributed by atoms with van der Waals surface area (Å²) in [6.07, 6.45) is 2.12. The summed E-state index contributed by atoms with van der Waals surface area (Å²) in [7, 11) is -1.52. The van der Waals surface area contributed by atoms with Gasteiger partial charge < -0.3 is 5.32 Å². The fraction of sp³-hybridized carbons (Fsp3) is 0.538. The van der Waals surface area contributed by atoms with Gasteiger partial charge in [-0.3, -0.25) is 0 Å². The van der Waals surface area contributed by atoms with E-state index in [9.17, 15) is 12.8 Å². The van der Waals surface area contributed by atoms with Crippen LogP contribution in [0.1, 0.15) is 30.9 Å². The average molecular weight is 306 g/mol. The minimum atomic E-state index is -3.17. The van der Waals surface area contributed by atoms with Crippen LogP contribution in [0.4, 0.5) is 4.39 Å². The molecule has 0 aliphatic carbocycles. The summed E-state index contributed by atoms with van der Waals surface area (Å²) < 4.78 is 38.3. The summed E-state index contributed by atoms with van der Waals surface area (Å²) in [6.45, 7) is 0. The molecule has 2 unspecified atom stereocenters. The molecule has 1 heterocycles. The van der Waals surface area contributed by atoms with E-state index in [0.29, 0.717) is 23.4 Å². The summed E-state index contributed by atoms with van der Waals surface area (Å²) in [4.78, 5) is 0. The van der Waals surface area contributed by atoms with Gasteiger partial charge in [-0.05, 0) is 32.0 Å². The van der Waals surface area contributed by atoms with Gasteiger partial charge in [-0.2, -0.15) is 0 Å². The number of hydrogen-bond acceptors (Lipinski definition) is 3. The van der Waals surface area contributed by atoms with Crippen LogP contribution in [-0.4, -0.2) is 26.5 Å². The van der Waals surface area contributed by atoms with Crippen LogP contribution in [0, 0.1) is 5.82 Å². The minimum Gasteiger partial charge on any atom is -0.312 e. The lowest BCUT2D eigenvalue weighted by atomic mass is 9.99. The number of benzene rings is 1. The van der Waals surface area contributed by atoms with Gasteiger partial charge in [0.05, 0.1) is 17.0 Å². The van der Waals surface area contributed by atoms with E-state index in [1.807, 2.05) is 0 Å². The molecule has 1 aliphatic rings. The Kier molecular flexibility index (Phi) is 4.48. The van der Waals surface area contributed by atoms with Crippen LogP contribution in [0.15, 0.2) is 18.2 Å². The highest BCUT2D eigenvalue weighted by Gasteiger charge is 2.36. The van der Waals surface area contributed by atoms with Crippen molar-refractivity contribution in [2.45, 2.75) is 30.6 Å². The standard InChI is InChI=1S/C13H17ClFNO2S/c1-16-13(10-6-5-9(14)8-11(10)15)12-4-2-3-7-19(12,17)18/h5-6,8,12-13,16H,2-4,7H2,1H3. The zero-order valence-corrected chi connectivity index (χ0v) is 12.3. The second-order valence-corrected chi connectivity index (χ2v) is 7.61. The third-order valence-corrected chi connectivity index (χ3v) is 6.13. The summed E-state index contributed by atoms with van der Waals surface area (Å²) in [6, 6.07) is 3.84. The van der Waals surface area contributed by atoms with E-state index in [2.05, 4.69) is 5.32 Å². The highest BCUT2D eigenvalue weighted by atomic mass is 35.5. The monoisotopic (exact) mass is 305 g/mol. The molecular formula is C13H17ClFNO2S. The van der Waals surface area contributed by atoms with Crippen molar-refractivity contribution in [3.05, 3.63) is 34.6 Å². The fourth-order valence-corrected chi connectivity index (χ4v) is 4.94. The van der Waals surface area contributed by atoms with Crippen LogP contribution in [0.2, 0.25) is 5.02 Å². The Hall–Kier alpha value is -0.650. The fourth-order valence-electron chi connectivity index (χ4n) is 2.65. The number of halogens is 2. The predicted octanol–water partition coefficient (Wildman–Crippen LogP) is 2.71. The Bertz CT molecular complexity index is 562. The second kappa shape index (κ2) is 5.77. The van der Waals surface area contributed by atoms with Crippen LogP contribution in [0.25, 0.3) is 0 Å². The molecule has 2 atom stereocenters. The van der Waals surface area contributed by atoms with Gasteiger partial charge in [-0.1, -0.05) is 24.1 Å². The lowest BCUT2D eigenvalue weighted by molar-refractivity contribution is 0.455. The van der Waals surface area contributed by atoms with Gasteiger partial charge in [0.2, 0.25) is 0 Å². The molecule has 6 heteroatoms. The van der Waals surface area contributed by atoms with Gasteiger partial charge in [-0.15, -0.1) is 0 Å². The summed E-state index contributed by atoms with van der Waals surface area (Å²) in [5.41, 5.74) is 0.363. The van der Waals surface area contributed by atoms with Crippen LogP contribution < -0.4 is 5.32 Å². The summed E-state index contributed by atoms with van der Waals surface area (Å²) >= 11 is 5.73.